The van der Waals surface area contributed by atoms with Crippen molar-refractivity contribution in [2.75, 3.05) is 5.32 Å². The van der Waals surface area contributed by atoms with Crippen LogP contribution in [-0.4, -0.2) is 16.1 Å². The van der Waals surface area contributed by atoms with Gasteiger partial charge in [-0.05, 0) is 25.1 Å². The molecule has 0 radical (unpaired) electrons. The summed E-state index contributed by atoms with van der Waals surface area (Å²) < 4.78 is 39.0. The van der Waals surface area contributed by atoms with Gasteiger partial charge < -0.3 is 5.32 Å². The summed E-state index contributed by atoms with van der Waals surface area (Å²) in [5.41, 5.74) is 1.30. The van der Waals surface area contributed by atoms with Gasteiger partial charge in [-0.25, -0.2) is 0 Å². The number of nitrogens with one attached hydrogen (secondary N) is 2. The van der Waals surface area contributed by atoms with Crippen molar-refractivity contribution in [3.8, 4) is 11.3 Å². The summed E-state index contributed by atoms with van der Waals surface area (Å²) in [5, 5.41) is 8.87. The van der Waals surface area contributed by atoms with Crippen molar-refractivity contribution >= 4 is 11.6 Å². The number of H-pyrrole nitrogens is 1. The maximum absolute atomic E-state index is 13.0. The molecule has 1 heterocycles. The van der Waals surface area contributed by atoms with Crippen molar-refractivity contribution in [3.63, 3.8) is 0 Å². The predicted octanol–water partition coefficient (Wildman–Crippen LogP) is 4.66. The van der Waals surface area contributed by atoms with Crippen molar-refractivity contribution in [1.29, 1.82) is 0 Å². The molecule has 0 bridgehead atoms. The van der Waals surface area contributed by atoms with Gasteiger partial charge in [-0.2, -0.15) is 18.3 Å². The minimum absolute atomic E-state index is 0.0764. The molecule has 0 aliphatic rings. The average Bonchev–Trinajstić information content (AvgIpc) is 3.05. The van der Waals surface area contributed by atoms with Gasteiger partial charge in [-0.3, -0.25) is 9.89 Å². The number of amides is 1. The molecule has 25 heavy (non-hydrogen) atoms. The molecule has 0 saturated heterocycles. The topological polar surface area (TPSA) is 57.8 Å². The number of alkyl halides is 3. The first-order valence-corrected chi connectivity index (χ1v) is 7.44. The van der Waals surface area contributed by atoms with Gasteiger partial charge in [0.25, 0.3) is 5.91 Å². The van der Waals surface area contributed by atoms with Gasteiger partial charge in [-0.1, -0.05) is 42.0 Å². The van der Waals surface area contributed by atoms with Crippen LogP contribution < -0.4 is 5.32 Å². The van der Waals surface area contributed by atoms with E-state index in [1.54, 1.807) is 0 Å². The Labute approximate surface area is 141 Å². The molecular formula is C18H14F3N3O. The normalized spacial score (nSPS) is 11.4. The largest absolute Gasteiger partial charge is 0.418 e. The second kappa shape index (κ2) is 6.43. The SMILES string of the molecule is Cc1ccc(-c2cc(C(=O)Nc3ccccc3C(F)(F)F)[nH]n2)cc1. The third-order valence-electron chi connectivity index (χ3n) is 3.65. The number of anilines is 1. The zero-order valence-corrected chi connectivity index (χ0v) is 13.2. The molecule has 7 heteroatoms. The van der Waals surface area contributed by atoms with E-state index in [0.717, 1.165) is 17.2 Å². The number of nitrogens with zero attached hydrogens (tertiary/aromatic N) is 1. The molecule has 0 atom stereocenters. The van der Waals surface area contributed by atoms with E-state index in [9.17, 15) is 18.0 Å². The van der Waals surface area contributed by atoms with Crippen molar-refractivity contribution < 1.29 is 18.0 Å². The number of aryl methyl sites for hydroxylation is 1. The molecule has 0 saturated carbocycles. The summed E-state index contributed by atoms with van der Waals surface area (Å²) >= 11 is 0. The zero-order chi connectivity index (χ0) is 18.0. The van der Waals surface area contributed by atoms with Gasteiger partial charge in [0.05, 0.1) is 16.9 Å². The van der Waals surface area contributed by atoms with Crippen LogP contribution in [0.1, 0.15) is 21.6 Å². The van der Waals surface area contributed by atoms with E-state index >= 15 is 0 Å². The number of carbonyl (C=O) groups excluding carboxylic acids is 1. The summed E-state index contributed by atoms with van der Waals surface area (Å²) in [6.45, 7) is 1.95. The van der Waals surface area contributed by atoms with Crippen molar-refractivity contribution in [2.24, 2.45) is 0 Å². The maximum atomic E-state index is 13.0. The summed E-state index contributed by atoms with van der Waals surface area (Å²) in [6, 6.07) is 13.8. The Hall–Kier alpha value is -3.09. The van der Waals surface area contributed by atoms with Crippen LogP contribution in [-0.2, 0) is 6.18 Å². The van der Waals surface area contributed by atoms with Gasteiger partial charge in [0.1, 0.15) is 5.69 Å². The number of halogens is 3. The van der Waals surface area contributed by atoms with Crippen LogP contribution in [0.3, 0.4) is 0 Å². The van der Waals surface area contributed by atoms with Crippen LogP contribution in [0.2, 0.25) is 0 Å². The Morgan fingerprint density at radius 3 is 2.44 bits per heavy atom. The van der Waals surface area contributed by atoms with E-state index in [1.165, 1.54) is 24.3 Å². The third-order valence-corrected chi connectivity index (χ3v) is 3.65. The number of rotatable bonds is 3. The second-order valence-electron chi connectivity index (χ2n) is 5.53. The third kappa shape index (κ3) is 3.71. The standard InChI is InChI=1S/C18H14F3N3O/c1-11-6-8-12(9-7-11)15-10-16(24-23-15)17(25)22-14-5-3-2-4-13(14)18(19,20)21/h2-10H,1H3,(H,22,25)(H,23,24). The lowest BCUT2D eigenvalue weighted by atomic mass is 10.1. The molecule has 0 unspecified atom stereocenters. The lowest BCUT2D eigenvalue weighted by Gasteiger charge is -2.12. The quantitative estimate of drug-likeness (QED) is 0.725. The number of hydrogen-bond donors (Lipinski definition) is 2. The van der Waals surface area contributed by atoms with Gasteiger partial charge in [0.15, 0.2) is 0 Å². The molecule has 4 nitrogen and oxygen atoms in total. The Balaban J connectivity index is 1.83. The number of carbonyl (C=O) groups is 1. The fourth-order valence-corrected chi connectivity index (χ4v) is 2.34. The first-order valence-electron chi connectivity index (χ1n) is 7.44. The van der Waals surface area contributed by atoms with Crippen molar-refractivity contribution in [2.45, 2.75) is 13.1 Å². The number of benzene rings is 2. The van der Waals surface area contributed by atoms with Gasteiger partial charge in [0.2, 0.25) is 0 Å². The second-order valence-corrected chi connectivity index (χ2v) is 5.53. The molecule has 0 aliphatic heterocycles. The molecule has 0 aliphatic carbocycles. The highest BCUT2D eigenvalue weighted by atomic mass is 19.4. The summed E-state index contributed by atoms with van der Waals surface area (Å²) in [6.07, 6.45) is -4.55. The zero-order valence-electron chi connectivity index (χ0n) is 13.2. The molecule has 1 aromatic heterocycles. The highest BCUT2D eigenvalue weighted by Crippen LogP contribution is 2.34. The first kappa shape index (κ1) is 16.8. The van der Waals surface area contributed by atoms with Crippen molar-refractivity contribution in [1.82, 2.24) is 10.2 Å². The first-order chi connectivity index (χ1) is 11.8. The number of aromatic amines is 1. The maximum Gasteiger partial charge on any atom is 0.418 e. The van der Waals surface area contributed by atoms with Crippen LogP contribution in [0, 0.1) is 6.92 Å². The van der Waals surface area contributed by atoms with Gasteiger partial charge in [-0.15, -0.1) is 0 Å². The van der Waals surface area contributed by atoms with E-state index in [-0.39, 0.29) is 11.4 Å². The molecule has 0 spiro atoms. The van der Waals surface area contributed by atoms with Crippen molar-refractivity contribution in [3.05, 3.63) is 71.4 Å². The number of para-hydroxylation sites is 1. The summed E-state index contributed by atoms with van der Waals surface area (Å²) in [4.78, 5) is 12.2. The Bertz CT molecular complexity index is 898. The smallest absolute Gasteiger partial charge is 0.320 e. The van der Waals surface area contributed by atoms with Crippen LogP contribution >= 0.6 is 0 Å². The van der Waals surface area contributed by atoms with E-state index in [2.05, 4.69) is 15.5 Å². The number of hydrogen-bond acceptors (Lipinski definition) is 2. The van der Waals surface area contributed by atoms with Gasteiger partial charge in [0, 0.05) is 5.56 Å². The van der Waals surface area contributed by atoms with E-state index in [1.807, 2.05) is 31.2 Å². The van der Waals surface area contributed by atoms with E-state index < -0.39 is 17.6 Å². The predicted molar refractivity (Wildman–Crippen MR) is 88.2 cm³/mol. The average molecular weight is 345 g/mol. The molecule has 3 aromatic rings. The van der Waals surface area contributed by atoms with Crippen LogP contribution in [0.5, 0.6) is 0 Å². The molecule has 2 N–H and O–H groups in total. The van der Waals surface area contributed by atoms with E-state index in [4.69, 9.17) is 0 Å². The van der Waals surface area contributed by atoms with E-state index in [0.29, 0.717) is 5.69 Å². The van der Waals surface area contributed by atoms with Crippen LogP contribution in [0.15, 0.2) is 54.6 Å². The molecule has 128 valence electrons. The summed E-state index contributed by atoms with van der Waals surface area (Å²) in [5.74, 6) is -0.692. The van der Waals surface area contributed by atoms with Crippen LogP contribution in [0.25, 0.3) is 11.3 Å². The molecule has 1 amide bonds. The summed E-state index contributed by atoms with van der Waals surface area (Å²) in [7, 11) is 0. The highest BCUT2D eigenvalue weighted by molar-refractivity contribution is 6.03. The number of aromatic nitrogens is 2. The Kier molecular flexibility index (Phi) is 4.31. The molecule has 3 rings (SSSR count). The van der Waals surface area contributed by atoms with Gasteiger partial charge >= 0.3 is 6.18 Å². The molecular weight excluding hydrogens is 331 g/mol. The minimum Gasteiger partial charge on any atom is -0.320 e. The van der Waals surface area contributed by atoms with Crippen LogP contribution in [0.4, 0.5) is 18.9 Å². The monoisotopic (exact) mass is 345 g/mol. The fraction of sp³-hybridized carbons (Fsp3) is 0.111. The lowest BCUT2D eigenvalue weighted by molar-refractivity contribution is -0.136. The minimum atomic E-state index is -4.55. The Morgan fingerprint density at radius 1 is 1.08 bits per heavy atom. The Morgan fingerprint density at radius 2 is 1.76 bits per heavy atom. The molecule has 2 aromatic carbocycles. The fourth-order valence-electron chi connectivity index (χ4n) is 2.34. The highest BCUT2D eigenvalue weighted by Gasteiger charge is 2.33. The lowest BCUT2D eigenvalue weighted by Crippen LogP contribution is -2.16. The molecule has 0 fully saturated rings.